The molecule has 0 aliphatic rings. The molecule has 0 aliphatic heterocycles. The lowest BCUT2D eigenvalue weighted by atomic mass is 9.81. The number of ether oxygens (including phenoxy) is 1. The lowest BCUT2D eigenvalue weighted by molar-refractivity contribution is 0.325. The summed E-state index contributed by atoms with van der Waals surface area (Å²) in [6.07, 6.45) is 0.948. The van der Waals surface area contributed by atoms with Gasteiger partial charge in [0.2, 0.25) is 0 Å². The molecule has 90 valence electrons. The van der Waals surface area contributed by atoms with Gasteiger partial charge in [-0.2, -0.15) is 0 Å². The molecule has 0 atom stereocenters. The van der Waals surface area contributed by atoms with Crippen LogP contribution < -0.4 is 10.5 Å². The first-order valence-electron chi connectivity index (χ1n) is 5.64. The molecule has 0 aromatic heterocycles. The summed E-state index contributed by atoms with van der Waals surface area (Å²) < 4.78 is 6.74. The fourth-order valence-corrected chi connectivity index (χ4v) is 2.17. The van der Waals surface area contributed by atoms with Crippen LogP contribution in [0.4, 0.5) is 0 Å². The first kappa shape index (κ1) is 13.5. The SMILES string of the molecule is CCOc1ccc(Br)cc1C(C)(C)CCN. The van der Waals surface area contributed by atoms with Gasteiger partial charge < -0.3 is 10.5 Å². The molecule has 0 fully saturated rings. The van der Waals surface area contributed by atoms with Crippen LogP contribution in [0.15, 0.2) is 22.7 Å². The van der Waals surface area contributed by atoms with Crippen molar-refractivity contribution < 1.29 is 4.74 Å². The molecule has 1 aromatic carbocycles. The number of halogens is 1. The Morgan fingerprint density at radius 1 is 1.38 bits per heavy atom. The van der Waals surface area contributed by atoms with Crippen molar-refractivity contribution in [1.29, 1.82) is 0 Å². The summed E-state index contributed by atoms with van der Waals surface area (Å²) in [6, 6.07) is 6.15. The maximum absolute atomic E-state index is 5.66. The van der Waals surface area contributed by atoms with Gasteiger partial charge in [-0.25, -0.2) is 0 Å². The van der Waals surface area contributed by atoms with E-state index in [9.17, 15) is 0 Å². The minimum absolute atomic E-state index is 0.0447. The second kappa shape index (κ2) is 5.69. The molecule has 0 unspecified atom stereocenters. The Labute approximate surface area is 106 Å². The predicted molar refractivity (Wildman–Crippen MR) is 72.0 cm³/mol. The molecule has 16 heavy (non-hydrogen) atoms. The van der Waals surface area contributed by atoms with Crippen molar-refractivity contribution in [2.24, 2.45) is 5.73 Å². The van der Waals surface area contributed by atoms with Crippen molar-refractivity contribution in [3.05, 3.63) is 28.2 Å². The van der Waals surface area contributed by atoms with E-state index in [2.05, 4.69) is 35.8 Å². The molecule has 0 heterocycles. The maximum Gasteiger partial charge on any atom is 0.123 e. The van der Waals surface area contributed by atoms with Gasteiger partial charge in [0, 0.05) is 10.0 Å². The van der Waals surface area contributed by atoms with Crippen molar-refractivity contribution in [2.45, 2.75) is 32.6 Å². The van der Waals surface area contributed by atoms with Crippen LogP contribution in [0.2, 0.25) is 0 Å². The first-order valence-corrected chi connectivity index (χ1v) is 6.43. The summed E-state index contributed by atoms with van der Waals surface area (Å²) in [6.45, 7) is 7.77. The smallest absolute Gasteiger partial charge is 0.123 e. The highest BCUT2D eigenvalue weighted by Crippen LogP contribution is 2.35. The van der Waals surface area contributed by atoms with Crippen LogP contribution in [-0.4, -0.2) is 13.2 Å². The number of benzene rings is 1. The Balaban J connectivity index is 3.12. The summed E-state index contributed by atoms with van der Waals surface area (Å²) in [7, 11) is 0. The molecule has 0 spiro atoms. The third kappa shape index (κ3) is 3.22. The standard InChI is InChI=1S/C13H20BrNO/c1-4-16-12-6-5-10(14)9-11(12)13(2,3)7-8-15/h5-6,9H,4,7-8,15H2,1-3H3. The molecule has 1 aromatic rings. The molecule has 0 saturated carbocycles. The largest absolute Gasteiger partial charge is 0.494 e. The Morgan fingerprint density at radius 2 is 2.06 bits per heavy atom. The van der Waals surface area contributed by atoms with Gasteiger partial charge in [0.15, 0.2) is 0 Å². The van der Waals surface area contributed by atoms with Crippen molar-refractivity contribution >= 4 is 15.9 Å². The minimum Gasteiger partial charge on any atom is -0.494 e. The van der Waals surface area contributed by atoms with Gasteiger partial charge in [-0.1, -0.05) is 29.8 Å². The highest BCUT2D eigenvalue weighted by molar-refractivity contribution is 9.10. The highest BCUT2D eigenvalue weighted by Gasteiger charge is 2.23. The van der Waals surface area contributed by atoms with Crippen molar-refractivity contribution in [3.63, 3.8) is 0 Å². The maximum atomic E-state index is 5.66. The normalized spacial score (nSPS) is 11.6. The summed E-state index contributed by atoms with van der Waals surface area (Å²) in [5, 5.41) is 0. The molecule has 1 rings (SSSR count). The van der Waals surface area contributed by atoms with Crippen molar-refractivity contribution in [2.75, 3.05) is 13.2 Å². The quantitative estimate of drug-likeness (QED) is 0.899. The molecule has 0 aliphatic carbocycles. The van der Waals surface area contributed by atoms with Crippen LogP contribution in [0.1, 0.15) is 32.8 Å². The van der Waals surface area contributed by atoms with E-state index in [1.54, 1.807) is 0 Å². The number of rotatable bonds is 5. The molecule has 0 amide bonds. The molecule has 0 saturated heterocycles. The Morgan fingerprint density at radius 3 is 2.62 bits per heavy atom. The molecular formula is C13H20BrNO. The van der Waals surface area contributed by atoms with Crippen LogP contribution in [0.3, 0.4) is 0 Å². The predicted octanol–water partition coefficient (Wildman–Crippen LogP) is 3.47. The molecule has 0 radical (unpaired) electrons. The van der Waals surface area contributed by atoms with E-state index >= 15 is 0 Å². The van der Waals surface area contributed by atoms with Crippen LogP contribution >= 0.6 is 15.9 Å². The summed E-state index contributed by atoms with van der Waals surface area (Å²) in [5.74, 6) is 0.962. The van der Waals surface area contributed by atoms with Gasteiger partial charge in [-0.3, -0.25) is 0 Å². The summed E-state index contributed by atoms with van der Waals surface area (Å²) >= 11 is 3.50. The fraction of sp³-hybridized carbons (Fsp3) is 0.538. The Bertz CT molecular complexity index is 350. The van der Waals surface area contributed by atoms with Crippen molar-refractivity contribution in [1.82, 2.24) is 0 Å². The zero-order valence-corrected chi connectivity index (χ0v) is 11.8. The van der Waals surface area contributed by atoms with E-state index < -0.39 is 0 Å². The molecule has 2 nitrogen and oxygen atoms in total. The van der Waals surface area contributed by atoms with Gasteiger partial charge >= 0.3 is 0 Å². The van der Waals surface area contributed by atoms with E-state index in [0.717, 1.165) is 16.6 Å². The Hall–Kier alpha value is -0.540. The van der Waals surface area contributed by atoms with E-state index in [-0.39, 0.29) is 5.41 Å². The average Bonchev–Trinajstić information content (AvgIpc) is 2.21. The molecule has 0 bridgehead atoms. The minimum atomic E-state index is 0.0447. The third-order valence-corrected chi connectivity index (χ3v) is 3.23. The number of hydrogen-bond acceptors (Lipinski definition) is 2. The molecular weight excluding hydrogens is 266 g/mol. The average molecular weight is 286 g/mol. The van der Waals surface area contributed by atoms with Gasteiger partial charge in [0.05, 0.1) is 6.61 Å². The lowest BCUT2D eigenvalue weighted by Crippen LogP contribution is -2.22. The first-order chi connectivity index (χ1) is 7.51. The third-order valence-electron chi connectivity index (χ3n) is 2.74. The number of hydrogen-bond donors (Lipinski definition) is 1. The molecule has 3 heteroatoms. The van der Waals surface area contributed by atoms with Gasteiger partial charge in [-0.05, 0) is 43.5 Å². The van der Waals surface area contributed by atoms with Crippen molar-refractivity contribution in [3.8, 4) is 5.75 Å². The zero-order chi connectivity index (χ0) is 12.2. The van der Waals surface area contributed by atoms with E-state index in [4.69, 9.17) is 10.5 Å². The van der Waals surface area contributed by atoms with Crippen LogP contribution in [-0.2, 0) is 5.41 Å². The summed E-state index contributed by atoms with van der Waals surface area (Å²) in [4.78, 5) is 0. The van der Waals surface area contributed by atoms with Crippen LogP contribution in [0, 0.1) is 0 Å². The van der Waals surface area contributed by atoms with E-state index in [0.29, 0.717) is 13.2 Å². The van der Waals surface area contributed by atoms with Crippen LogP contribution in [0.5, 0.6) is 5.75 Å². The second-order valence-electron chi connectivity index (χ2n) is 4.50. The second-order valence-corrected chi connectivity index (χ2v) is 5.41. The van der Waals surface area contributed by atoms with Gasteiger partial charge in [0.25, 0.3) is 0 Å². The van der Waals surface area contributed by atoms with E-state index in [1.165, 1.54) is 5.56 Å². The Kier molecular flexibility index (Phi) is 4.81. The monoisotopic (exact) mass is 285 g/mol. The van der Waals surface area contributed by atoms with Gasteiger partial charge in [-0.15, -0.1) is 0 Å². The highest BCUT2D eigenvalue weighted by atomic mass is 79.9. The fourth-order valence-electron chi connectivity index (χ4n) is 1.81. The lowest BCUT2D eigenvalue weighted by Gasteiger charge is -2.27. The zero-order valence-electron chi connectivity index (χ0n) is 10.2. The van der Waals surface area contributed by atoms with Crippen LogP contribution in [0.25, 0.3) is 0 Å². The number of nitrogens with two attached hydrogens (primary N) is 1. The summed E-state index contributed by atoms with van der Waals surface area (Å²) in [5.41, 5.74) is 6.92. The molecule has 2 N–H and O–H groups in total. The topological polar surface area (TPSA) is 35.2 Å². The van der Waals surface area contributed by atoms with E-state index in [1.807, 2.05) is 19.1 Å². The van der Waals surface area contributed by atoms with Gasteiger partial charge in [0.1, 0.15) is 5.75 Å².